The maximum atomic E-state index is 3.98. The van der Waals surface area contributed by atoms with Gasteiger partial charge < -0.3 is 9.80 Å². The lowest BCUT2D eigenvalue weighted by atomic mass is 9.98. The summed E-state index contributed by atoms with van der Waals surface area (Å²) in [4.78, 5) is 4.65. The molecule has 2 heteroatoms. The van der Waals surface area contributed by atoms with E-state index in [1.165, 1.54) is 56.0 Å². The Morgan fingerprint density at radius 3 is 2.03 bits per heavy atom. The van der Waals surface area contributed by atoms with Crippen LogP contribution in [-0.4, -0.2) is 6.54 Å². The summed E-state index contributed by atoms with van der Waals surface area (Å²) < 4.78 is 0. The highest BCUT2D eigenvalue weighted by Gasteiger charge is 2.20. The van der Waals surface area contributed by atoms with Crippen LogP contribution in [0.4, 0.5) is 17.1 Å². The van der Waals surface area contributed by atoms with Crippen molar-refractivity contribution in [1.82, 2.24) is 0 Å². The van der Waals surface area contributed by atoms with Crippen molar-refractivity contribution >= 4 is 28.7 Å². The van der Waals surface area contributed by atoms with Crippen molar-refractivity contribution in [3.63, 3.8) is 0 Å². The predicted octanol–water partition coefficient (Wildman–Crippen LogP) is 18.0. The molecule has 1 aliphatic rings. The fourth-order valence-corrected chi connectivity index (χ4v) is 6.44. The van der Waals surface area contributed by atoms with E-state index >= 15 is 0 Å². The molecule has 0 fully saturated rings. The van der Waals surface area contributed by atoms with E-state index < -0.39 is 0 Å². The zero-order valence-electron chi connectivity index (χ0n) is 39.6. The van der Waals surface area contributed by atoms with Gasteiger partial charge in [-0.1, -0.05) is 170 Å². The highest BCUT2D eigenvalue weighted by molar-refractivity contribution is 5.76. The second-order valence-electron chi connectivity index (χ2n) is 13.2. The zero-order chi connectivity index (χ0) is 45.3. The van der Waals surface area contributed by atoms with E-state index in [9.17, 15) is 0 Å². The van der Waals surface area contributed by atoms with E-state index in [1.807, 2.05) is 58.9 Å². The number of anilines is 3. The monoisotopic (exact) mass is 803 g/mol. The van der Waals surface area contributed by atoms with Crippen molar-refractivity contribution in [2.24, 2.45) is 0 Å². The number of hydrogen-bond acceptors (Lipinski definition) is 2. The van der Waals surface area contributed by atoms with Gasteiger partial charge in [0.25, 0.3) is 0 Å². The highest BCUT2D eigenvalue weighted by Crippen LogP contribution is 2.36. The molecule has 0 spiro atoms. The van der Waals surface area contributed by atoms with Gasteiger partial charge in [0.15, 0.2) is 0 Å². The normalized spacial score (nSPS) is 12.4. The van der Waals surface area contributed by atoms with Crippen LogP contribution in [0.3, 0.4) is 0 Å². The van der Waals surface area contributed by atoms with Gasteiger partial charge >= 0.3 is 0 Å². The van der Waals surface area contributed by atoms with E-state index in [4.69, 9.17) is 0 Å². The molecule has 3 aromatic rings. The van der Waals surface area contributed by atoms with E-state index in [-0.39, 0.29) is 0 Å². The number of benzene rings is 3. The number of nitrogens with zero attached hydrogens (tertiary/aromatic N) is 2. The van der Waals surface area contributed by atoms with Crippen molar-refractivity contribution < 1.29 is 0 Å². The van der Waals surface area contributed by atoms with Crippen molar-refractivity contribution in [3.8, 4) is 0 Å². The zero-order valence-corrected chi connectivity index (χ0v) is 39.6. The summed E-state index contributed by atoms with van der Waals surface area (Å²) in [7, 11) is 0. The predicted molar refractivity (Wildman–Crippen MR) is 277 cm³/mol. The Balaban J connectivity index is 0.00000109. The smallest absolute Gasteiger partial charge is 0.0499 e. The third kappa shape index (κ3) is 17.2. The largest absolute Gasteiger partial charge is 0.337 e. The molecule has 2 nitrogen and oxygen atoms in total. The van der Waals surface area contributed by atoms with Gasteiger partial charge in [-0.25, -0.2) is 0 Å². The molecule has 0 bridgehead atoms. The minimum Gasteiger partial charge on any atom is -0.337 e. The van der Waals surface area contributed by atoms with Crippen LogP contribution in [0.2, 0.25) is 0 Å². The van der Waals surface area contributed by atoms with Crippen LogP contribution in [-0.2, 0) is 6.42 Å². The number of allylic oxidation sites excluding steroid dienone is 15. The molecule has 0 radical (unpaired) electrons. The second-order valence-corrected chi connectivity index (χ2v) is 13.2. The molecule has 320 valence electrons. The summed E-state index contributed by atoms with van der Waals surface area (Å²) >= 11 is 0. The van der Waals surface area contributed by atoms with Gasteiger partial charge in [0.1, 0.15) is 0 Å². The fourth-order valence-electron chi connectivity index (χ4n) is 6.44. The molecular formula is C58H78N2. The number of aryl methyl sites for hydroxylation is 2. The second kappa shape index (κ2) is 33.0. The highest BCUT2D eigenvalue weighted by atomic mass is 15.2. The first-order valence-corrected chi connectivity index (χ1v) is 21.9. The Morgan fingerprint density at radius 2 is 1.48 bits per heavy atom. The molecule has 0 unspecified atom stereocenters. The minimum atomic E-state index is 0.776. The van der Waals surface area contributed by atoms with Crippen LogP contribution < -0.4 is 9.80 Å². The average molecular weight is 803 g/mol. The van der Waals surface area contributed by atoms with Crippen molar-refractivity contribution in [2.45, 2.75) is 102 Å². The summed E-state index contributed by atoms with van der Waals surface area (Å²) in [5, 5.41) is 0. The van der Waals surface area contributed by atoms with Crippen LogP contribution in [0, 0.1) is 6.92 Å². The van der Waals surface area contributed by atoms with E-state index in [0.717, 1.165) is 37.2 Å². The Bertz CT molecular complexity index is 1980. The maximum absolute atomic E-state index is 3.98. The summed E-state index contributed by atoms with van der Waals surface area (Å²) in [6.07, 6.45) is 34.4. The SMILES string of the molecule is C=C/C=C(\C)c1ccc(N(C2=CCC=CC(C)=C2/C=C\CC)C(/C=C\C)=C/C=C\C)cc1C.C=CC.C=CCN(c1ccccc1)c1cccc(CC)c1C=C.CC.CC. The topological polar surface area (TPSA) is 6.48 Å². The molecule has 0 aromatic heterocycles. The van der Waals surface area contributed by atoms with Crippen LogP contribution in [0.1, 0.15) is 111 Å². The Labute approximate surface area is 368 Å². The summed E-state index contributed by atoms with van der Waals surface area (Å²) in [5.74, 6) is 0. The van der Waals surface area contributed by atoms with E-state index in [1.54, 1.807) is 6.08 Å². The third-order valence-corrected chi connectivity index (χ3v) is 9.02. The molecule has 0 saturated carbocycles. The number of hydrogen-bond donors (Lipinski definition) is 0. The van der Waals surface area contributed by atoms with Gasteiger partial charge in [0.05, 0.1) is 0 Å². The molecular weight excluding hydrogens is 725 g/mol. The van der Waals surface area contributed by atoms with Crippen LogP contribution in [0.15, 0.2) is 201 Å². The Hall–Kier alpha value is -5.86. The Morgan fingerprint density at radius 1 is 0.800 bits per heavy atom. The van der Waals surface area contributed by atoms with Crippen LogP contribution >= 0.6 is 0 Å². The average Bonchev–Trinajstić information content (AvgIpc) is 3.46. The van der Waals surface area contributed by atoms with Crippen molar-refractivity contribution in [3.05, 3.63) is 223 Å². The number of rotatable bonds is 15. The minimum absolute atomic E-state index is 0.776. The fraction of sp³-hybridized carbons (Fsp3) is 0.276. The molecule has 60 heavy (non-hydrogen) atoms. The van der Waals surface area contributed by atoms with Crippen molar-refractivity contribution in [1.29, 1.82) is 0 Å². The van der Waals surface area contributed by atoms with E-state index in [2.05, 4.69) is 212 Å². The maximum Gasteiger partial charge on any atom is 0.0499 e. The van der Waals surface area contributed by atoms with Crippen molar-refractivity contribution in [2.75, 3.05) is 16.3 Å². The first-order valence-electron chi connectivity index (χ1n) is 21.9. The summed E-state index contributed by atoms with van der Waals surface area (Å²) in [6.45, 7) is 40.7. The molecule has 0 heterocycles. The van der Waals surface area contributed by atoms with E-state index in [0.29, 0.717) is 0 Å². The molecule has 1 aliphatic carbocycles. The number of para-hydroxylation sites is 1. The third-order valence-electron chi connectivity index (χ3n) is 9.02. The summed E-state index contributed by atoms with van der Waals surface area (Å²) in [6, 6.07) is 23.6. The molecule has 0 aliphatic heterocycles. The quantitative estimate of drug-likeness (QED) is 0.112. The molecule has 4 rings (SSSR count). The molecule has 0 amide bonds. The summed E-state index contributed by atoms with van der Waals surface area (Å²) in [5.41, 5.74) is 14.6. The van der Waals surface area contributed by atoms with Gasteiger partial charge in [0, 0.05) is 46.1 Å². The van der Waals surface area contributed by atoms with Gasteiger partial charge in [0.2, 0.25) is 0 Å². The molecule has 0 atom stereocenters. The molecule has 3 aromatic carbocycles. The van der Waals surface area contributed by atoms with Gasteiger partial charge in [-0.15, -0.1) is 13.2 Å². The van der Waals surface area contributed by atoms with Gasteiger partial charge in [-0.2, -0.15) is 0 Å². The lowest BCUT2D eigenvalue weighted by Gasteiger charge is -2.31. The van der Waals surface area contributed by atoms with Crippen LogP contribution in [0.25, 0.3) is 11.6 Å². The first kappa shape index (κ1) is 54.1. The Kier molecular flexibility index (Phi) is 29.8. The van der Waals surface area contributed by atoms with Gasteiger partial charge in [-0.3, -0.25) is 0 Å². The van der Waals surface area contributed by atoms with Crippen LogP contribution in [0.5, 0.6) is 0 Å². The standard InChI is InChI=1S/C32H39N.C19H21N.C3H6.2C2H6/c1-8-12-19-28(17-11-4)33(29-22-23-30(27(7)24-29)25(5)16-10-3)32-21-15-14-18-26(6)31(32)20-13-9-2;1-4-15-20(17-12-8-7-9-13-17)19-14-10-11-16(5-2)18(19)6-3;1-3-2;2*1-2/h8,10-14,16-24H,3,9,15H2,1-2,4-7H3;4,6-14H,1,3,5,15H2,2H3;3H,1H2,2H3;2*1-2H3/b12-8-,17-11-,20-13-,25-16+,28-19+;;;;. The molecule has 0 N–H and O–H groups in total. The first-order chi connectivity index (χ1) is 29.2. The molecule has 0 saturated heterocycles. The van der Waals surface area contributed by atoms with Gasteiger partial charge in [-0.05, 0) is 131 Å². The lowest BCUT2D eigenvalue weighted by Crippen LogP contribution is -2.22. The lowest BCUT2D eigenvalue weighted by molar-refractivity contribution is 1.07.